The van der Waals surface area contributed by atoms with E-state index in [-0.39, 0.29) is 30.3 Å². The van der Waals surface area contributed by atoms with Gasteiger partial charge >= 0.3 is 0 Å². The Morgan fingerprint density at radius 1 is 1.29 bits per heavy atom. The molecule has 1 fully saturated rings. The molecular weight excluding hydrogens is 350 g/mol. The van der Waals surface area contributed by atoms with Gasteiger partial charge in [-0.05, 0) is 31.2 Å². The number of amides is 1. The number of hydrogen-bond acceptors (Lipinski definition) is 4. The summed E-state index contributed by atoms with van der Waals surface area (Å²) in [5, 5.41) is 2.85. The van der Waals surface area contributed by atoms with Crippen molar-refractivity contribution in [2.45, 2.75) is 38.3 Å². The minimum Gasteiger partial charge on any atom is -0.354 e. The van der Waals surface area contributed by atoms with Crippen molar-refractivity contribution in [1.29, 1.82) is 0 Å². The summed E-state index contributed by atoms with van der Waals surface area (Å²) in [4.78, 5) is 12.2. The second-order valence-corrected chi connectivity index (χ2v) is 8.10. The van der Waals surface area contributed by atoms with Crippen LogP contribution in [0.5, 0.6) is 0 Å². The minimum atomic E-state index is -3.23. The van der Waals surface area contributed by atoms with Crippen LogP contribution in [0.4, 0.5) is 0 Å². The average molecular weight is 376 g/mol. The molecule has 1 amide bonds. The van der Waals surface area contributed by atoms with Gasteiger partial charge in [0, 0.05) is 12.6 Å². The lowest BCUT2D eigenvalue weighted by molar-refractivity contribution is -0.122. The molecule has 1 aliphatic carbocycles. The Labute approximate surface area is 150 Å². The van der Waals surface area contributed by atoms with Crippen LogP contribution < -0.4 is 15.8 Å². The maximum absolute atomic E-state index is 12.2. The monoisotopic (exact) mass is 375 g/mol. The number of sulfonamides is 1. The molecule has 0 saturated heterocycles. The number of carbonyl (C=O) groups is 1. The number of hydrogen-bond donors (Lipinski definition) is 3. The van der Waals surface area contributed by atoms with Crippen molar-refractivity contribution < 1.29 is 13.2 Å². The van der Waals surface area contributed by atoms with Gasteiger partial charge < -0.3 is 11.1 Å². The van der Waals surface area contributed by atoms with Crippen LogP contribution in [-0.4, -0.2) is 33.2 Å². The van der Waals surface area contributed by atoms with E-state index in [0.717, 1.165) is 36.6 Å². The topological polar surface area (TPSA) is 101 Å². The molecule has 6 nitrogen and oxygen atoms in total. The van der Waals surface area contributed by atoms with Crippen molar-refractivity contribution >= 4 is 28.3 Å². The molecule has 3 atom stereocenters. The second-order valence-electron chi connectivity index (χ2n) is 6.32. The fraction of sp³-hybridized carbons (Fsp3) is 0.562. The molecule has 1 saturated carbocycles. The first-order chi connectivity index (χ1) is 10.8. The fourth-order valence-electron chi connectivity index (χ4n) is 2.98. The maximum Gasteiger partial charge on any atom is 0.241 e. The smallest absolute Gasteiger partial charge is 0.241 e. The van der Waals surface area contributed by atoms with E-state index in [1.165, 1.54) is 0 Å². The number of aryl methyl sites for hydroxylation is 1. The number of benzene rings is 1. The highest BCUT2D eigenvalue weighted by Gasteiger charge is 2.30. The summed E-state index contributed by atoms with van der Waals surface area (Å²) in [6.07, 6.45) is 3.82. The summed E-state index contributed by atoms with van der Waals surface area (Å²) in [7, 11) is -3.23. The standard InChI is InChI=1S/C16H25N3O3S.ClH/c1-11-6-8-12(9-7-11)15(17)16(20)18-10-13-4-3-5-14(13)19-23(2,21)22;/h6-9,13-15,19H,3-5,10,17H2,1-2H3,(H,18,20);1H. The van der Waals surface area contributed by atoms with Crippen LogP contribution in [0.2, 0.25) is 0 Å². The normalized spacial score (nSPS) is 21.8. The van der Waals surface area contributed by atoms with Crippen LogP contribution in [0, 0.1) is 12.8 Å². The first-order valence-corrected chi connectivity index (χ1v) is 9.72. The summed E-state index contributed by atoms with van der Waals surface area (Å²) in [5.74, 6) is -0.127. The molecule has 1 aromatic rings. The largest absolute Gasteiger partial charge is 0.354 e. The highest BCUT2D eigenvalue weighted by Crippen LogP contribution is 2.25. The summed E-state index contributed by atoms with van der Waals surface area (Å²) < 4.78 is 25.4. The lowest BCUT2D eigenvalue weighted by Crippen LogP contribution is -2.43. The molecule has 0 heterocycles. The average Bonchev–Trinajstić information content (AvgIpc) is 2.90. The highest BCUT2D eigenvalue weighted by molar-refractivity contribution is 7.88. The molecule has 0 aliphatic heterocycles. The Morgan fingerprint density at radius 2 is 1.92 bits per heavy atom. The predicted octanol–water partition coefficient (Wildman–Crippen LogP) is 1.25. The SMILES string of the molecule is Cc1ccc(C(N)C(=O)NCC2CCCC2NS(C)(=O)=O)cc1.Cl. The predicted molar refractivity (Wildman–Crippen MR) is 97.5 cm³/mol. The summed E-state index contributed by atoms with van der Waals surface area (Å²) in [6, 6.07) is 6.72. The second kappa shape index (κ2) is 8.80. The van der Waals surface area contributed by atoms with Crippen LogP contribution in [0.3, 0.4) is 0 Å². The summed E-state index contributed by atoms with van der Waals surface area (Å²) in [5.41, 5.74) is 7.87. The van der Waals surface area contributed by atoms with Gasteiger partial charge in [0.2, 0.25) is 15.9 Å². The van der Waals surface area contributed by atoms with E-state index < -0.39 is 16.1 Å². The zero-order chi connectivity index (χ0) is 17.0. The number of nitrogens with one attached hydrogen (secondary N) is 2. The zero-order valence-corrected chi connectivity index (χ0v) is 15.6. The quantitative estimate of drug-likeness (QED) is 0.696. The van der Waals surface area contributed by atoms with Crippen LogP contribution in [-0.2, 0) is 14.8 Å². The van der Waals surface area contributed by atoms with Crippen LogP contribution in [0.1, 0.15) is 36.4 Å². The summed E-state index contributed by atoms with van der Waals surface area (Å²) >= 11 is 0. The lowest BCUT2D eigenvalue weighted by atomic mass is 10.0. The molecule has 0 bridgehead atoms. The third-order valence-corrected chi connectivity index (χ3v) is 5.01. The van der Waals surface area contributed by atoms with Crippen molar-refractivity contribution in [3.8, 4) is 0 Å². The molecule has 136 valence electrons. The van der Waals surface area contributed by atoms with Gasteiger partial charge in [-0.15, -0.1) is 12.4 Å². The van der Waals surface area contributed by atoms with Gasteiger partial charge in [0.05, 0.1) is 6.26 Å². The molecular formula is C16H26ClN3O3S. The van der Waals surface area contributed by atoms with Crippen molar-refractivity contribution in [2.75, 3.05) is 12.8 Å². The molecule has 8 heteroatoms. The number of rotatable bonds is 6. The van der Waals surface area contributed by atoms with E-state index >= 15 is 0 Å². The van der Waals surface area contributed by atoms with Gasteiger partial charge in [0.25, 0.3) is 0 Å². The molecule has 0 aromatic heterocycles. The first-order valence-electron chi connectivity index (χ1n) is 7.83. The highest BCUT2D eigenvalue weighted by atomic mass is 35.5. The first kappa shape index (κ1) is 20.9. The Morgan fingerprint density at radius 3 is 2.50 bits per heavy atom. The molecule has 3 unspecified atom stereocenters. The van der Waals surface area contributed by atoms with Crippen molar-refractivity contribution in [3.05, 3.63) is 35.4 Å². The fourth-order valence-corrected chi connectivity index (χ4v) is 3.84. The maximum atomic E-state index is 12.2. The third-order valence-electron chi connectivity index (χ3n) is 4.28. The lowest BCUT2D eigenvalue weighted by Gasteiger charge is -2.21. The van der Waals surface area contributed by atoms with Gasteiger partial charge in [0.1, 0.15) is 6.04 Å². The van der Waals surface area contributed by atoms with E-state index in [2.05, 4.69) is 10.0 Å². The van der Waals surface area contributed by atoms with E-state index in [1.54, 1.807) is 0 Å². The Bertz CT molecular complexity index is 649. The Hall–Kier alpha value is -1.15. The Balaban J connectivity index is 0.00000288. The van der Waals surface area contributed by atoms with E-state index in [0.29, 0.717) is 6.54 Å². The van der Waals surface area contributed by atoms with Crippen LogP contribution >= 0.6 is 12.4 Å². The molecule has 24 heavy (non-hydrogen) atoms. The number of carbonyl (C=O) groups excluding carboxylic acids is 1. The molecule has 2 rings (SSSR count). The summed E-state index contributed by atoms with van der Waals surface area (Å²) in [6.45, 7) is 2.41. The minimum absolute atomic E-state index is 0. The zero-order valence-electron chi connectivity index (χ0n) is 14.0. The number of nitrogens with two attached hydrogens (primary N) is 1. The van der Waals surface area contributed by atoms with Gasteiger partial charge in [-0.1, -0.05) is 36.2 Å². The molecule has 0 spiro atoms. The molecule has 4 N–H and O–H groups in total. The van der Waals surface area contributed by atoms with Gasteiger partial charge in [-0.3, -0.25) is 4.79 Å². The van der Waals surface area contributed by atoms with Gasteiger partial charge in [-0.25, -0.2) is 13.1 Å². The van der Waals surface area contributed by atoms with E-state index in [9.17, 15) is 13.2 Å². The Kier molecular flexibility index (Phi) is 7.66. The molecule has 1 aromatic carbocycles. The van der Waals surface area contributed by atoms with E-state index in [4.69, 9.17) is 5.73 Å². The van der Waals surface area contributed by atoms with Gasteiger partial charge in [-0.2, -0.15) is 0 Å². The van der Waals surface area contributed by atoms with E-state index in [1.807, 2.05) is 31.2 Å². The van der Waals surface area contributed by atoms with Crippen molar-refractivity contribution in [1.82, 2.24) is 10.0 Å². The third kappa shape index (κ3) is 6.05. The van der Waals surface area contributed by atoms with Crippen LogP contribution in [0.25, 0.3) is 0 Å². The van der Waals surface area contributed by atoms with Crippen molar-refractivity contribution in [2.24, 2.45) is 11.7 Å². The number of halogens is 1. The molecule has 1 aliphatic rings. The van der Waals surface area contributed by atoms with Crippen LogP contribution in [0.15, 0.2) is 24.3 Å². The molecule has 0 radical (unpaired) electrons. The van der Waals surface area contributed by atoms with Gasteiger partial charge in [0.15, 0.2) is 0 Å². The van der Waals surface area contributed by atoms with Crippen molar-refractivity contribution in [3.63, 3.8) is 0 Å².